The Morgan fingerprint density at radius 3 is 2.53 bits per heavy atom. The van der Waals surface area contributed by atoms with Crippen molar-refractivity contribution in [2.75, 3.05) is 13.1 Å². The lowest BCUT2D eigenvalue weighted by atomic mass is 10.0. The summed E-state index contributed by atoms with van der Waals surface area (Å²) in [4.78, 5) is 13.6. The van der Waals surface area contributed by atoms with Gasteiger partial charge in [0.15, 0.2) is 0 Å². The fraction of sp³-hybridized carbons (Fsp3) is 0.533. The van der Waals surface area contributed by atoms with Crippen molar-refractivity contribution >= 4 is 5.78 Å². The summed E-state index contributed by atoms with van der Waals surface area (Å²) >= 11 is 0. The lowest BCUT2D eigenvalue weighted by Crippen LogP contribution is -2.34. The molecule has 1 heterocycles. The average molecular weight is 231 g/mol. The second kappa shape index (κ2) is 5.46. The molecule has 1 saturated heterocycles. The zero-order valence-electron chi connectivity index (χ0n) is 10.8. The third-order valence-electron chi connectivity index (χ3n) is 3.38. The summed E-state index contributed by atoms with van der Waals surface area (Å²) in [5.41, 5.74) is 2.69. The van der Waals surface area contributed by atoms with Crippen LogP contribution in [0.5, 0.6) is 0 Å². The Hall–Kier alpha value is -1.15. The third-order valence-corrected chi connectivity index (χ3v) is 3.38. The number of Topliss-reactive ketones (excluding diaryl/α,β-unsaturated/α-hetero) is 1. The Kier molecular flexibility index (Phi) is 3.95. The lowest BCUT2D eigenvalue weighted by Gasteiger charge is -2.25. The minimum absolute atomic E-state index is 0.384. The summed E-state index contributed by atoms with van der Waals surface area (Å²) in [7, 11) is 0. The number of nitrogens with zero attached hydrogens (tertiary/aromatic N) is 1. The maximum Gasteiger partial charge on any atom is 0.146 e. The minimum Gasteiger partial charge on any atom is -0.298 e. The van der Waals surface area contributed by atoms with Crippen LogP contribution in [-0.2, 0) is 11.3 Å². The zero-order valence-corrected chi connectivity index (χ0v) is 10.8. The molecule has 0 saturated carbocycles. The van der Waals surface area contributed by atoms with E-state index in [0.29, 0.717) is 18.2 Å². The van der Waals surface area contributed by atoms with Gasteiger partial charge in [-0.2, -0.15) is 0 Å². The molecule has 0 radical (unpaired) electrons. The Morgan fingerprint density at radius 2 is 1.94 bits per heavy atom. The number of ketones is 1. The van der Waals surface area contributed by atoms with Crippen LogP contribution in [0.15, 0.2) is 24.3 Å². The van der Waals surface area contributed by atoms with Crippen molar-refractivity contribution in [1.82, 2.24) is 4.90 Å². The predicted molar refractivity (Wildman–Crippen MR) is 70.0 cm³/mol. The van der Waals surface area contributed by atoms with Crippen molar-refractivity contribution in [2.24, 2.45) is 0 Å². The summed E-state index contributed by atoms with van der Waals surface area (Å²) < 4.78 is 0. The van der Waals surface area contributed by atoms with Crippen LogP contribution in [0.2, 0.25) is 0 Å². The third kappa shape index (κ3) is 3.40. The number of likely N-dealkylation sites (tertiary alicyclic amines) is 1. The van der Waals surface area contributed by atoms with Crippen molar-refractivity contribution in [3.63, 3.8) is 0 Å². The number of carbonyl (C=O) groups excluding carboxylic acids is 1. The van der Waals surface area contributed by atoms with E-state index in [1.165, 1.54) is 11.1 Å². The summed E-state index contributed by atoms with van der Waals surface area (Å²) in [5.74, 6) is 0.968. The normalized spacial score (nSPS) is 17.7. The average Bonchev–Trinajstić information content (AvgIpc) is 2.29. The molecule has 1 aliphatic rings. The Labute approximate surface area is 104 Å². The standard InChI is InChI=1S/C15H21NO/c1-12(2)14-7-5-13(6-8-14)10-16-9-3-4-15(17)11-16/h5-8,12H,3-4,9-11H2,1-2H3. The van der Waals surface area contributed by atoms with Crippen LogP contribution in [0.1, 0.15) is 43.7 Å². The lowest BCUT2D eigenvalue weighted by molar-refractivity contribution is -0.122. The molecule has 0 atom stereocenters. The van der Waals surface area contributed by atoms with Crippen LogP contribution < -0.4 is 0 Å². The van der Waals surface area contributed by atoms with E-state index in [0.717, 1.165) is 25.9 Å². The van der Waals surface area contributed by atoms with Gasteiger partial charge in [0.2, 0.25) is 0 Å². The monoisotopic (exact) mass is 231 g/mol. The van der Waals surface area contributed by atoms with E-state index in [2.05, 4.69) is 43.0 Å². The van der Waals surface area contributed by atoms with E-state index in [-0.39, 0.29) is 0 Å². The summed E-state index contributed by atoms with van der Waals surface area (Å²) in [6.45, 7) is 7.00. The largest absolute Gasteiger partial charge is 0.298 e. The van der Waals surface area contributed by atoms with Crippen LogP contribution in [0.4, 0.5) is 0 Å². The van der Waals surface area contributed by atoms with Crippen molar-refractivity contribution in [3.05, 3.63) is 35.4 Å². The molecule has 0 N–H and O–H groups in total. The molecular formula is C15H21NO. The Morgan fingerprint density at radius 1 is 1.24 bits per heavy atom. The van der Waals surface area contributed by atoms with Gasteiger partial charge < -0.3 is 0 Å². The van der Waals surface area contributed by atoms with Gasteiger partial charge in [0.05, 0.1) is 6.54 Å². The SMILES string of the molecule is CC(C)c1ccc(CN2CCCC(=O)C2)cc1. The zero-order chi connectivity index (χ0) is 12.3. The van der Waals surface area contributed by atoms with E-state index in [1.54, 1.807) is 0 Å². The molecule has 2 rings (SSSR count). The van der Waals surface area contributed by atoms with Crippen LogP contribution in [0.25, 0.3) is 0 Å². The fourth-order valence-electron chi connectivity index (χ4n) is 2.31. The highest BCUT2D eigenvalue weighted by Crippen LogP contribution is 2.16. The summed E-state index contributed by atoms with van der Waals surface area (Å²) in [6, 6.07) is 8.78. The number of benzene rings is 1. The smallest absolute Gasteiger partial charge is 0.146 e. The molecule has 1 aromatic rings. The van der Waals surface area contributed by atoms with Gasteiger partial charge in [0.1, 0.15) is 5.78 Å². The molecule has 0 bridgehead atoms. The van der Waals surface area contributed by atoms with Gasteiger partial charge in [-0.05, 0) is 30.0 Å². The highest BCUT2D eigenvalue weighted by atomic mass is 16.1. The number of hydrogen-bond acceptors (Lipinski definition) is 2. The highest BCUT2D eigenvalue weighted by molar-refractivity contribution is 5.81. The molecular weight excluding hydrogens is 210 g/mol. The number of piperidine rings is 1. The van der Waals surface area contributed by atoms with Gasteiger partial charge in [-0.1, -0.05) is 38.1 Å². The van der Waals surface area contributed by atoms with E-state index < -0.39 is 0 Å². The molecule has 1 aliphatic heterocycles. The number of carbonyl (C=O) groups is 1. The van der Waals surface area contributed by atoms with Crippen LogP contribution in [0.3, 0.4) is 0 Å². The van der Waals surface area contributed by atoms with Crippen LogP contribution in [0, 0.1) is 0 Å². The maximum atomic E-state index is 11.4. The molecule has 1 aromatic carbocycles. The van der Waals surface area contributed by atoms with Crippen LogP contribution >= 0.6 is 0 Å². The van der Waals surface area contributed by atoms with E-state index >= 15 is 0 Å². The molecule has 0 spiro atoms. The predicted octanol–water partition coefficient (Wildman–Crippen LogP) is 2.97. The molecule has 0 amide bonds. The van der Waals surface area contributed by atoms with Gasteiger partial charge in [-0.25, -0.2) is 0 Å². The molecule has 0 unspecified atom stereocenters. The topological polar surface area (TPSA) is 20.3 Å². The van der Waals surface area contributed by atoms with E-state index in [4.69, 9.17) is 0 Å². The van der Waals surface area contributed by atoms with Crippen molar-refractivity contribution < 1.29 is 4.79 Å². The van der Waals surface area contributed by atoms with Crippen LogP contribution in [-0.4, -0.2) is 23.8 Å². The number of rotatable bonds is 3. The minimum atomic E-state index is 0.384. The second-order valence-corrected chi connectivity index (χ2v) is 5.25. The number of hydrogen-bond donors (Lipinski definition) is 0. The van der Waals surface area contributed by atoms with E-state index in [1.807, 2.05) is 0 Å². The molecule has 1 fully saturated rings. The van der Waals surface area contributed by atoms with Gasteiger partial charge >= 0.3 is 0 Å². The fourth-order valence-corrected chi connectivity index (χ4v) is 2.31. The summed E-state index contributed by atoms with van der Waals surface area (Å²) in [6.07, 6.45) is 1.78. The van der Waals surface area contributed by atoms with Gasteiger partial charge in [-0.15, -0.1) is 0 Å². The van der Waals surface area contributed by atoms with Crippen molar-refractivity contribution in [3.8, 4) is 0 Å². The molecule has 2 nitrogen and oxygen atoms in total. The first-order valence-corrected chi connectivity index (χ1v) is 6.48. The molecule has 0 aliphatic carbocycles. The van der Waals surface area contributed by atoms with Gasteiger partial charge in [0.25, 0.3) is 0 Å². The second-order valence-electron chi connectivity index (χ2n) is 5.25. The molecule has 92 valence electrons. The van der Waals surface area contributed by atoms with Crippen molar-refractivity contribution in [2.45, 2.75) is 39.2 Å². The van der Waals surface area contributed by atoms with Gasteiger partial charge in [-0.3, -0.25) is 9.69 Å². The first-order valence-electron chi connectivity index (χ1n) is 6.48. The Bertz CT molecular complexity index is 380. The summed E-state index contributed by atoms with van der Waals surface area (Å²) in [5, 5.41) is 0. The maximum absolute atomic E-state index is 11.4. The molecule has 2 heteroatoms. The Balaban J connectivity index is 1.96. The van der Waals surface area contributed by atoms with Gasteiger partial charge in [0, 0.05) is 13.0 Å². The quantitative estimate of drug-likeness (QED) is 0.797. The molecule has 17 heavy (non-hydrogen) atoms. The highest BCUT2D eigenvalue weighted by Gasteiger charge is 2.16. The first-order chi connectivity index (χ1) is 8.15. The first kappa shape index (κ1) is 12.3. The van der Waals surface area contributed by atoms with E-state index in [9.17, 15) is 4.79 Å². The molecule has 0 aromatic heterocycles. The van der Waals surface area contributed by atoms with Crippen molar-refractivity contribution in [1.29, 1.82) is 0 Å².